The molecule has 3 N–H and O–H groups in total. The second-order valence-corrected chi connectivity index (χ2v) is 6.01. The maximum atomic E-state index is 11.4. The number of carbonyl (C=O) groups is 1. The predicted molar refractivity (Wildman–Crippen MR) is 79.4 cm³/mol. The summed E-state index contributed by atoms with van der Waals surface area (Å²) in [7, 11) is 0. The van der Waals surface area contributed by atoms with E-state index in [1.54, 1.807) is 6.07 Å². The molecule has 0 spiro atoms. The van der Waals surface area contributed by atoms with Crippen LogP contribution in [0.2, 0.25) is 0 Å². The van der Waals surface area contributed by atoms with Crippen LogP contribution in [0, 0.1) is 15.5 Å². The van der Waals surface area contributed by atoms with Crippen molar-refractivity contribution in [2.24, 2.45) is 5.41 Å². The van der Waals surface area contributed by atoms with Gasteiger partial charge in [0.2, 0.25) is 5.91 Å². The molecular weight excluding hydrogens is 274 g/mol. The van der Waals surface area contributed by atoms with E-state index in [-0.39, 0.29) is 23.6 Å². The van der Waals surface area contributed by atoms with Crippen molar-refractivity contribution < 1.29 is 14.8 Å². The highest BCUT2D eigenvalue weighted by Gasteiger charge is 2.24. The van der Waals surface area contributed by atoms with Gasteiger partial charge in [0.15, 0.2) is 0 Å². The molecule has 0 saturated heterocycles. The van der Waals surface area contributed by atoms with Gasteiger partial charge in [-0.25, -0.2) is 0 Å². The lowest BCUT2D eigenvalue weighted by Crippen LogP contribution is -2.27. The Bertz CT molecular complexity index is 584. The van der Waals surface area contributed by atoms with Gasteiger partial charge in [0.05, 0.1) is 10.6 Å². The smallest absolute Gasteiger partial charge is 0.294 e. The number of hydrogen-bond donors (Lipinski definition) is 3. The Morgan fingerprint density at radius 1 is 1.43 bits per heavy atom. The number of aliphatic hydroxyl groups is 1. The van der Waals surface area contributed by atoms with Gasteiger partial charge in [-0.2, -0.15) is 0 Å². The summed E-state index contributed by atoms with van der Waals surface area (Å²) in [4.78, 5) is 22.1. The normalized spacial score (nSPS) is 14.3. The molecule has 0 atom stereocenters. The maximum Gasteiger partial charge on any atom is 0.294 e. The molecule has 114 valence electrons. The summed E-state index contributed by atoms with van der Waals surface area (Å²) < 4.78 is 0. The Kier molecular flexibility index (Phi) is 4.13. The van der Waals surface area contributed by atoms with E-state index in [4.69, 9.17) is 0 Å². The molecule has 1 amide bonds. The minimum absolute atomic E-state index is 0.0191. The van der Waals surface area contributed by atoms with Gasteiger partial charge in [-0.1, -0.05) is 13.8 Å². The number of aryl methyl sites for hydroxylation is 1. The number of rotatable bonds is 5. The zero-order valence-corrected chi connectivity index (χ0v) is 12.1. The molecule has 21 heavy (non-hydrogen) atoms. The fourth-order valence-electron chi connectivity index (χ4n) is 2.10. The van der Waals surface area contributed by atoms with Crippen LogP contribution in [-0.4, -0.2) is 29.1 Å². The van der Waals surface area contributed by atoms with Crippen LogP contribution in [0.3, 0.4) is 0 Å². The molecule has 0 saturated carbocycles. The first kappa shape index (κ1) is 15.2. The predicted octanol–water partition coefficient (Wildman–Crippen LogP) is 1.91. The van der Waals surface area contributed by atoms with Gasteiger partial charge in [0.1, 0.15) is 5.69 Å². The number of carbonyl (C=O) groups excluding carboxylic acids is 1. The number of nitrogens with zero attached hydrogens (tertiary/aromatic N) is 1. The number of nitro benzene ring substituents is 1. The van der Waals surface area contributed by atoms with Gasteiger partial charge < -0.3 is 15.7 Å². The maximum absolute atomic E-state index is 11.4. The van der Waals surface area contributed by atoms with Crippen LogP contribution < -0.4 is 10.6 Å². The Morgan fingerprint density at radius 3 is 2.76 bits per heavy atom. The van der Waals surface area contributed by atoms with Crippen LogP contribution in [0.25, 0.3) is 0 Å². The lowest BCUT2D eigenvalue weighted by molar-refractivity contribution is -0.383. The van der Waals surface area contributed by atoms with E-state index in [2.05, 4.69) is 10.6 Å². The van der Waals surface area contributed by atoms with Gasteiger partial charge in [-0.05, 0) is 18.1 Å². The average Bonchev–Trinajstić information content (AvgIpc) is 2.44. The van der Waals surface area contributed by atoms with Crippen LogP contribution in [0.4, 0.5) is 17.1 Å². The number of nitrogens with one attached hydrogen (secondary N) is 2. The lowest BCUT2D eigenvalue weighted by atomic mass is 9.94. The van der Waals surface area contributed by atoms with Crippen molar-refractivity contribution in [1.82, 2.24) is 0 Å². The van der Waals surface area contributed by atoms with E-state index in [9.17, 15) is 20.0 Å². The monoisotopic (exact) mass is 293 g/mol. The Morgan fingerprint density at radius 2 is 2.14 bits per heavy atom. The molecule has 0 aromatic heterocycles. The number of aliphatic hydroxyl groups excluding tert-OH is 1. The molecule has 7 heteroatoms. The van der Waals surface area contributed by atoms with Crippen LogP contribution in [-0.2, 0) is 11.2 Å². The Labute approximate surface area is 122 Å². The van der Waals surface area contributed by atoms with Gasteiger partial charge in [-0.3, -0.25) is 14.9 Å². The van der Waals surface area contributed by atoms with Crippen molar-refractivity contribution in [3.05, 3.63) is 27.8 Å². The molecule has 0 radical (unpaired) electrons. The molecule has 7 nitrogen and oxygen atoms in total. The zero-order chi connectivity index (χ0) is 15.6. The van der Waals surface area contributed by atoms with Crippen molar-refractivity contribution in [1.29, 1.82) is 0 Å². The molecule has 0 aliphatic carbocycles. The van der Waals surface area contributed by atoms with Crippen molar-refractivity contribution in [2.75, 3.05) is 23.8 Å². The summed E-state index contributed by atoms with van der Waals surface area (Å²) in [6, 6.07) is 3.10. The number of nitro groups is 1. The van der Waals surface area contributed by atoms with Crippen LogP contribution >= 0.6 is 0 Å². The van der Waals surface area contributed by atoms with Crippen molar-refractivity contribution in [3.63, 3.8) is 0 Å². The third kappa shape index (κ3) is 3.49. The van der Waals surface area contributed by atoms with Crippen molar-refractivity contribution in [2.45, 2.75) is 26.7 Å². The molecule has 2 rings (SSSR count). The molecule has 0 bridgehead atoms. The minimum atomic E-state index is -0.477. The van der Waals surface area contributed by atoms with Gasteiger partial charge in [0.25, 0.3) is 5.69 Å². The van der Waals surface area contributed by atoms with Gasteiger partial charge in [-0.15, -0.1) is 0 Å². The fraction of sp³-hybridized carbons (Fsp3) is 0.500. The average molecular weight is 293 g/mol. The standard InChI is InChI=1S/C14H19N3O4/c1-14(2,8-18)7-15-11-5-9-3-4-13(19)16-10(9)6-12(11)17(20)21/h5-6,15,18H,3-4,7-8H2,1-2H3,(H,16,19). The molecule has 1 aliphatic heterocycles. The summed E-state index contributed by atoms with van der Waals surface area (Å²) in [5, 5.41) is 26.1. The fourth-order valence-corrected chi connectivity index (χ4v) is 2.10. The number of benzene rings is 1. The first-order valence-electron chi connectivity index (χ1n) is 6.78. The zero-order valence-electron chi connectivity index (χ0n) is 12.1. The first-order valence-corrected chi connectivity index (χ1v) is 6.78. The second-order valence-electron chi connectivity index (χ2n) is 6.01. The summed E-state index contributed by atoms with van der Waals surface area (Å²) in [5.74, 6) is -0.126. The van der Waals surface area contributed by atoms with Gasteiger partial charge in [0, 0.05) is 31.1 Å². The molecule has 0 fully saturated rings. The van der Waals surface area contributed by atoms with Crippen molar-refractivity contribution >= 4 is 23.0 Å². The third-order valence-electron chi connectivity index (χ3n) is 3.50. The Balaban J connectivity index is 2.31. The van der Waals surface area contributed by atoms with E-state index in [0.29, 0.717) is 30.8 Å². The van der Waals surface area contributed by atoms with Crippen LogP contribution in [0.5, 0.6) is 0 Å². The lowest BCUT2D eigenvalue weighted by Gasteiger charge is -2.23. The Hall–Kier alpha value is -2.15. The van der Waals surface area contributed by atoms with Crippen molar-refractivity contribution in [3.8, 4) is 0 Å². The number of hydrogen-bond acceptors (Lipinski definition) is 5. The van der Waals surface area contributed by atoms with Crippen LogP contribution in [0.1, 0.15) is 25.8 Å². The molecule has 1 heterocycles. The molecule has 0 unspecified atom stereocenters. The molecule has 1 aromatic carbocycles. The number of fused-ring (bicyclic) bond motifs is 1. The minimum Gasteiger partial charge on any atom is -0.396 e. The third-order valence-corrected chi connectivity index (χ3v) is 3.50. The number of amides is 1. The summed E-state index contributed by atoms with van der Waals surface area (Å²) in [6.45, 7) is 4.12. The van der Waals surface area contributed by atoms with E-state index < -0.39 is 4.92 Å². The first-order chi connectivity index (χ1) is 9.82. The largest absolute Gasteiger partial charge is 0.396 e. The summed E-state index contributed by atoms with van der Waals surface area (Å²) in [6.07, 6.45) is 0.948. The highest BCUT2D eigenvalue weighted by Crippen LogP contribution is 2.34. The quantitative estimate of drug-likeness (QED) is 0.568. The van der Waals surface area contributed by atoms with E-state index in [1.165, 1.54) is 6.07 Å². The topological polar surface area (TPSA) is 104 Å². The highest BCUT2D eigenvalue weighted by molar-refractivity contribution is 5.95. The van der Waals surface area contributed by atoms with E-state index in [0.717, 1.165) is 5.56 Å². The molecule has 1 aliphatic rings. The van der Waals surface area contributed by atoms with Gasteiger partial charge >= 0.3 is 0 Å². The molecular formula is C14H19N3O4. The van der Waals surface area contributed by atoms with Crippen LogP contribution in [0.15, 0.2) is 12.1 Å². The number of anilines is 2. The molecule has 1 aromatic rings. The second kappa shape index (κ2) is 5.69. The summed E-state index contributed by atoms with van der Waals surface area (Å²) in [5.41, 5.74) is 1.34. The SMILES string of the molecule is CC(C)(CO)CNc1cc2c(cc1[N+](=O)[O-])NC(=O)CC2. The van der Waals surface area contributed by atoms with E-state index >= 15 is 0 Å². The summed E-state index contributed by atoms with van der Waals surface area (Å²) >= 11 is 0. The van der Waals surface area contributed by atoms with E-state index in [1.807, 2.05) is 13.8 Å². The highest BCUT2D eigenvalue weighted by atomic mass is 16.6.